The molecule has 0 aromatic heterocycles. The van der Waals surface area contributed by atoms with E-state index in [2.05, 4.69) is 5.32 Å². The molecule has 0 aliphatic rings. The highest BCUT2D eigenvalue weighted by molar-refractivity contribution is 5.90. The second-order valence-electron chi connectivity index (χ2n) is 5.79. The van der Waals surface area contributed by atoms with Crippen molar-refractivity contribution in [2.75, 3.05) is 0 Å². The molecule has 0 saturated heterocycles. The van der Waals surface area contributed by atoms with E-state index in [0.29, 0.717) is 6.07 Å². The zero-order valence-electron chi connectivity index (χ0n) is 14.3. The molecule has 3 N–H and O–H groups in total. The van der Waals surface area contributed by atoms with E-state index in [9.17, 15) is 23.2 Å². The summed E-state index contributed by atoms with van der Waals surface area (Å²) in [7, 11) is 0. The number of nitrogens with two attached hydrogens (primary N) is 1. The number of nitrogens with one attached hydrogen (secondary N) is 1. The summed E-state index contributed by atoms with van der Waals surface area (Å²) in [5.74, 6) is -4.05. The molecule has 0 aliphatic heterocycles. The number of rotatable bonds is 8. The van der Waals surface area contributed by atoms with Gasteiger partial charge in [0, 0.05) is 6.07 Å². The smallest absolute Gasteiger partial charge is 0.308 e. The predicted octanol–water partition coefficient (Wildman–Crippen LogP) is 1.61. The van der Waals surface area contributed by atoms with Gasteiger partial charge >= 0.3 is 5.97 Å². The molecule has 142 valence electrons. The Bertz CT molecular complexity index is 828. The fourth-order valence-electron chi connectivity index (χ4n) is 2.27. The molecule has 2 aromatic carbocycles. The Kier molecular flexibility index (Phi) is 6.99. The molecule has 2 amide bonds. The van der Waals surface area contributed by atoms with Gasteiger partial charge in [0.1, 0.15) is 24.3 Å². The fraction of sp³-hybridized carbons (Fsp3) is 0.211. The molecule has 0 heterocycles. The van der Waals surface area contributed by atoms with Crippen molar-refractivity contribution in [2.24, 2.45) is 5.73 Å². The van der Waals surface area contributed by atoms with Gasteiger partial charge in [-0.3, -0.25) is 14.4 Å². The first-order chi connectivity index (χ1) is 12.8. The first-order valence-corrected chi connectivity index (χ1v) is 8.07. The quantitative estimate of drug-likeness (QED) is 0.684. The van der Waals surface area contributed by atoms with Crippen LogP contribution in [0.1, 0.15) is 17.5 Å². The van der Waals surface area contributed by atoms with E-state index in [-0.39, 0.29) is 12.2 Å². The zero-order chi connectivity index (χ0) is 19.8. The number of halogens is 2. The van der Waals surface area contributed by atoms with Crippen molar-refractivity contribution < 1.29 is 27.9 Å². The molecule has 2 rings (SSSR count). The topological polar surface area (TPSA) is 98.5 Å². The van der Waals surface area contributed by atoms with Crippen LogP contribution in [0.5, 0.6) is 0 Å². The Balaban J connectivity index is 1.89. The molecule has 0 spiro atoms. The SMILES string of the molecule is NC(=O)[C@H](CC(=O)OCc1ccccc1)NC(=O)Cc1ccc(F)cc1F. The van der Waals surface area contributed by atoms with Crippen LogP contribution < -0.4 is 11.1 Å². The van der Waals surface area contributed by atoms with Crippen molar-refractivity contribution in [1.29, 1.82) is 0 Å². The second-order valence-corrected chi connectivity index (χ2v) is 5.79. The van der Waals surface area contributed by atoms with Crippen LogP contribution in [0, 0.1) is 11.6 Å². The molecule has 0 bridgehead atoms. The first kappa shape index (κ1) is 20.0. The minimum Gasteiger partial charge on any atom is -0.461 e. The van der Waals surface area contributed by atoms with Crippen LogP contribution in [0.2, 0.25) is 0 Å². The van der Waals surface area contributed by atoms with Crippen molar-refractivity contribution in [2.45, 2.75) is 25.5 Å². The number of primary amides is 1. The van der Waals surface area contributed by atoms with Crippen molar-refractivity contribution in [3.05, 3.63) is 71.3 Å². The maximum absolute atomic E-state index is 13.6. The predicted molar refractivity (Wildman–Crippen MR) is 92.0 cm³/mol. The van der Waals surface area contributed by atoms with Crippen LogP contribution in [-0.4, -0.2) is 23.8 Å². The standard InChI is InChI=1S/C19H18F2N2O4/c20-14-7-6-13(15(21)9-14)8-17(24)23-16(19(22)26)10-18(25)27-11-12-4-2-1-3-5-12/h1-7,9,16H,8,10-11H2,(H2,22,26)(H,23,24)/t16-/m0/s1. The summed E-state index contributed by atoms with van der Waals surface area (Å²) in [4.78, 5) is 35.4. The minimum atomic E-state index is -1.30. The van der Waals surface area contributed by atoms with E-state index in [0.717, 1.165) is 17.7 Å². The number of benzene rings is 2. The average molecular weight is 376 g/mol. The molecule has 0 aliphatic carbocycles. The van der Waals surface area contributed by atoms with Crippen LogP contribution in [-0.2, 0) is 32.1 Å². The third-order valence-corrected chi connectivity index (χ3v) is 3.66. The van der Waals surface area contributed by atoms with Crippen molar-refractivity contribution in [3.8, 4) is 0 Å². The Morgan fingerprint density at radius 2 is 1.78 bits per heavy atom. The summed E-state index contributed by atoms with van der Waals surface area (Å²) in [6.45, 7) is 0.0138. The number of amides is 2. The normalized spacial score (nSPS) is 11.5. The molecule has 6 nitrogen and oxygen atoms in total. The van der Waals surface area contributed by atoms with Gasteiger partial charge in [-0.25, -0.2) is 8.78 Å². The van der Waals surface area contributed by atoms with E-state index >= 15 is 0 Å². The maximum atomic E-state index is 13.6. The van der Waals surface area contributed by atoms with E-state index < -0.39 is 48.3 Å². The van der Waals surface area contributed by atoms with E-state index in [4.69, 9.17) is 10.5 Å². The zero-order valence-corrected chi connectivity index (χ0v) is 14.3. The molecular formula is C19H18F2N2O4. The molecule has 2 aromatic rings. The van der Waals surface area contributed by atoms with Crippen LogP contribution in [0.3, 0.4) is 0 Å². The van der Waals surface area contributed by atoms with Crippen LogP contribution in [0.25, 0.3) is 0 Å². The lowest BCUT2D eigenvalue weighted by atomic mass is 10.1. The van der Waals surface area contributed by atoms with Gasteiger partial charge in [0.05, 0.1) is 12.8 Å². The van der Waals surface area contributed by atoms with Crippen molar-refractivity contribution in [3.63, 3.8) is 0 Å². The molecule has 0 unspecified atom stereocenters. The number of carbonyl (C=O) groups is 3. The number of hydrogen-bond donors (Lipinski definition) is 2. The summed E-state index contributed by atoms with van der Waals surface area (Å²) in [6, 6.07) is 10.4. The Morgan fingerprint density at radius 3 is 2.41 bits per heavy atom. The summed E-state index contributed by atoms with van der Waals surface area (Å²) in [5.41, 5.74) is 5.91. The second kappa shape index (κ2) is 9.42. The third kappa shape index (κ3) is 6.50. The van der Waals surface area contributed by atoms with E-state index in [1.165, 1.54) is 0 Å². The number of ether oxygens (including phenoxy) is 1. The maximum Gasteiger partial charge on any atom is 0.308 e. The van der Waals surface area contributed by atoms with E-state index in [1.54, 1.807) is 24.3 Å². The van der Waals surface area contributed by atoms with Crippen LogP contribution in [0.4, 0.5) is 8.78 Å². The first-order valence-electron chi connectivity index (χ1n) is 8.07. The van der Waals surface area contributed by atoms with Gasteiger partial charge in [-0.05, 0) is 17.2 Å². The minimum absolute atomic E-state index is 0.0138. The highest BCUT2D eigenvalue weighted by atomic mass is 19.1. The molecule has 8 heteroatoms. The van der Waals surface area contributed by atoms with Gasteiger partial charge in [0.2, 0.25) is 11.8 Å². The fourth-order valence-corrected chi connectivity index (χ4v) is 2.27. The molecular weight excluding hydrogens is 358 g/mol. The van der Waals surface area contributed by atoms with Gasteiger partial charge in [0.15, 0.2) is 0 Å². The Hall–Kier alpha value is -3.29. The van der Waals surface area contributed by atoms with Gasteiger partial charge in [0.25, 0.3) is 0 Å². The number of esters is 1. The summed E-state index contributed by atoms with van der Waals surface area (Å²) < 4.78 is 31.5. The third-order valence-electron chi connectivity index (χ3n) is 3.66. The lowest BCUT2D eigenvalue weighted by Gasteiger charge is -2.15. The van der Waals surface area contributed by atoms with Crippen LogP contribution in [0.15, 0.2) is 48.5 Å². The average Bonchev–Trinajstić information content (AvgIpc) is 2.62. The molecule has 0 fully saturated rings. The van der Waals surface area contributed by atoms with Gasteiger partial charge in [-0.2, -0.15) is 0 Å². The number of carbonyl (C=O) groups excluding carboxylic acids is 3. The van der Waals surface area contributed by atoms with Gasteiger partial charge in [-0.1, -0.05) is 36.4 Å². The monoisotopic (exact) mass is 376 g/mol. The highest BCUT2D eigenvalue weighted by Gasteiger charge is 2.23. The lowest BCUT2D eigenvalue weighted by Crippen LogP contribution is -2.46. The molecule has 27 heavy (non-hydrogen) atoms. The Morgan fingerprint density at radius 1 is 1.07 bits per heavy atom. The van der Waals surface area contributed by atoms with Crippen molar-refractivity contribution >= 4 is 17.8 Å². The van der Waals surface area contributed by atoms with Crippen molar-refractivity contribution in [1.82, 2.24) is 5.32 Å². The summed E-state index contributed by atoms with van der Waals surface area (Å²) >= 11 is 0. The Labute approximate surface area is 154 Å². The highest BCUT2D eigenvalue weighted by Crippen LogP contribution is 2.10. The summed E-state index contributed by atoms with van der Waals surface area (Å²) in [6.07, 6.45) is -0.894. The summed E-state index contributed by atoms with van der Waals surface area (Å²) in [5, 5.41) is 2.26. The molecule has 1 atom stereocenters. The number of hydrogen-bond acceptors (Lipinski definition) is 4. The molecule has 0 saturated carbocycles. The van der Waals surface area contributed by atoms with Gasteiger partial charge < -0.3 is 15.8 Å². The largest absolute Gasteiger partial charge is 0.461 e. The molecule has 0 radical (unpaired) electrons. The van der Waals surface area contributed by atoms with E-state index in [1.807, 2.05) is 6.07 Å². The van der Waals surface area contributed by atoms with Gasteiger partial charge in [-0.15, -0.1) is 0 Å². The van der Waals surface area contributed by atoms with Crippen LogP contribution >= 0.6 is 0 Å². The lowest BCUT2D eigenvalue weighted by molar-refractivity contribution is -0.147.